The Labute approximate surface area is 150 Å². The normalized spacial score (nSPS) is 20.0. The molecule has 2 aliphatic rings. The van der Waals surface area contributed by atoms with Gasteiger partial charge < -0.3 is 10.6 Å². The van der Waals surface area contributed by atoms with Crippen LogP contribution in [0.15, 0.2) is 18.2 Å². The second-order valence-corrected chi connectivity index (χ2v) is 8.23. The van der Waals surface area contributed by atoms with Crippen molar-refractivity contribution >= 4 is 33.4 Å². The first-order chi connectivity index (χ1) is 12.0. The molecule has 0 bridgehead atoms. The van der Waals surface area contributed by atoms with Crippen molar-refractivity contribution in [3.63, 3.8) is 0 Å². The van der Waals surface area contributed by atoms with Gasteiger partial charge in [0.25, 0.3) is 5.91 Å². The van der Waals surface area contributed by atoms with Gasteiger partial charge in [0.15, 0.2) is 0 Å². The number of thiazole rings is 1. The van der Waals surface area contributed by atoms with E-state index in [2.05, 4.69) is 9.88 Å². The first-order valence-corrected chi connectivity index (χ1v) is 9.53. The van der Waals surface area contributed by atoms with Gasteiger partial charge in [-0.2, -0.15) is 0 Å². The molecule has 1 aromatic carbocycles. The molecule has 0 saturated carbocycles. The van der Waals surface area contributed by atoms with Gasteiger partial charge in [-0.1, -0.05) is 0 Å². The predicted molar refractivity (Wildman–Crippen MR) is 97.5 cm³/mol. The van der Waals surface area contributed by atoms with Gasteiger partial charge in [-0.25, -0.2) is 4.98 Å². The van der Waals surface area contributed by atoms with Gasteiger partial charge in [-0.15, -0.1) is 11.3 Å². The molecule has 2 fully saturated rings. The number of rotatable bonds is 3. The number of likely N-dealkylation sites (tertiary alicyclic amines) is 2. The largest absolute Gasteiger partial charge is 0.369 e. The summed E-state index contributed by atoms with van der Waals surface area (Å²) in [5.41, 5.74) is 7.08. The Kier molecular flexibility index (Phi) is 4.21. The third kappa shape index (κ3) is 3.14. The van der Waals surface area contributed by atoms with Gasteiger partial charge in [0.05, 0.1) is 15.2 Å². The number of carbonyl (C=O) groups is 2. The Bertz CT molecular complexity index is 820. The fourth-order valence-corrected chi connectivity index (χ4v) is 4.62. The van der Waals surface area contributed by atoms with Gasteiger partial charge in [-0.05, 0) is 51.1 Å². The summed E-state index contributed by atoms with van der Waals surface area (Å²) in [6, 6.07) is 6.16. The van der Waals surface area contributed by atoms with Crippen LogP contribution in [0.5, 0.6) is 0 Å². The maximum atomic E-state index is 12.7. The minimum absolute atomic E-state index is 0.0173. The molecule has 2 amide bonds. The summed E-state index contributed by atoms with van der Waals surface area (Å²) < 4.78 is 1.06. The third-order valence-corrected chi connectivity index (χ3v) is 6.27. The van der Waals surface area contributed by atoms with Crippen molar-refractivity contribution in [3.8, 4) is 0 Å². The average Bonchev–Trinajstić information content (AvgIpc) is 2.93. The molecule has 4 rings (SSSR count). The SMILES string of the molecule is Cc1nc2ccc(C(=O)N3CC(N4CCC(C(N)=O)CC4)C3)cc2s1. The molecule has 2 aromatic rings. The second-order valence-electron chi connectivity index (χ2n) is 6.99. The van der Waals surface area contributed by atoms with Crippen molar-refractivity contribution < 1.29 is 9.59 Å². The number of fused-ring (bicyclic) bond motifs is 1. The zero-order valence-corrected chi connectivity index (χ0v) is 15.1. The predicted octanol–water partition coefficient (Wildman–Crippen LogP) is 1.63. The number of hydrogen-bond acceptors (Lipinski definition) is 5. The van der Waals surface area contributed by atoms with Crippen molar-refractivity contribution in [2.75, 3.05) is 26.2 Å². The zero-order chi connectivity index (χ0) is 17.6. The first kappa shape index (κ1) is 16.5. The number of benzene rings is 1. The second kappa shape index (κ2) is 6.38. The van der Waals surface area contributed by atoms with E-state index in [1.807, 2.05) is 30.0 Å². The molecule has 2 aliphatic heterocycles. The van der Waals surface area contributed by atoms with Gasteiger partial charge in [-0.3, -0.25) is 14.5 Å². The van der Waals surface area contributed by atoms with Gasteiger partial charge >= 0.3 is 0 Å². The number of aryl methyl sites for hydroxylation is 1. The minimum Gasteiger partial charge on any atom is -0.369 e. The monoisotopic (exact) mass is 358 g/mol. The molecule has 6 nitrogen and oxygen atoms in total. The van der Waals surface area contributed by atoms with E-state index in [1.165, 1.54) is 0 Å². The van der Waals surface area contributed by atoms with Crippen LogP contribution in [-0.4, -0.2) is 58.8 Å². The fourth-order valence-electron chi connectivity index (χ4n) is 3.76. The lowest BCUT2D eigenvalue weighted by molar-refractivity contribution is -0.123. The zero-order valence-electron chi connectivity index (χ0n) is 14.3. The van der Waals surface area contributed by atoms with E-state index in [0.29, 0.717) is 6.04 Å². The van der Waals surface area contributed by atoms with Crippen LogP contribution in [0.25, 0.3) is 10.2 Å². The highest BCUT2D eigenvalue weighted by molar-refractivity contribution is 7.18. The number of amides is 2. The standard InChI is InChI=1S/C18H22N4O2S/c1-11-20-15-3-2-13(8-16(15)25-11)18(24)22-9-14(10-22)21-6-4-12(5-7-21)17(19)23/h2-3,8,12,14H,4-7,9-10H2,1H3,(H2,19,23). The Balaban J connectivity index is 1.35. The molecule has 0 aliphatic carbocycles. The van der Waals surface area contributed by atoms with Crippen molar-refractivity contribution in [3.05, 3.63) is 28.8 Å². The van der Waals surface area contributed by atoms with Crippen LogP contribution >= 0.6 is 11.3 Å². The summed E-state index contributed by atoms with van der Waals surface area (Å²) in [5.74, 6) is -0.0707. The Morgan fingerprint density at radius 1 is 1.24 bits per heavy atom. The van der Waals surface area contributed by atoms with E-state index in [-0.39, 0.29) is 17.7 Å². The van der Waals surface area contributed by atoms with Crippen LogP contribution in [0.3, 0.4) is 0 Å². The summed E-state index contributed by atoms with van der Waals surface area (Å²) in [6.07, 6.45) is 1.67. The van der Waals surface area contributed by atoms with Crippen LogP contribution in [0.2, 0.25) is 0 Å². The lowest BCUT2D eigenvalue weighted by Gasteiger charge is -2.47. The molecular formula is C18H22N4O2S. The first-order valence-electron chi connectivity index (χ1n) is 8.71. The summed E-state index contributed by atoms with van der Waals surface area (Å²) in [6.45, 7) is 5.30. The Morgan fingerprint density at radius 2 is 1.96 bits per heavy atom. The van der Waals surface area contributed by atoms with E-state index in [0.717, 1.165) is 59.8 Å². The van der Waals surface area contributed by atoms with Crippen LogP contribution < -0.4 is 5.73 Å². The van der Waals surface area contributed by atoms with Crippen LogP contribution in [0, 0.1) is 12.8 Å². The molecule has 25 heavy (non-hydrogen) atoms. The molecule has 1 aromatic heterocycles. The summed E-state index contributed by atoms with van der Waals surface area (Å²) in [7, 11) is 0. The van der Waals surface area contributed by atoms with E-state index < -0.39 is 0 Å². The number of aromatic nitrogens is 1. The number of nitrogens with two attached hydrogens (primary N) is 1. The van der Waals surface area contributed by atoms with Crippen molar-refractivity contribution in [2.24, 2.45) is 11.7 Å². The highest BCUT2D eigenvalue weighted by Crippen LogP contribution is 2.26. The molecule has 2 N–H and O–H groups in total. The smallest absolute Gasteiger partial charge is 0.254 e. The van der Waals surface area contributed by atoms with E-state index >= 15 is 0 Å². The van der Waals surface area contributed by atoms with Crippen molar-refractivity contribution in [1.82, 2.24) is 14.8 Å². The molecule has 3 heterocycles. The number of hydrogen-bond donors (Lipinski definition) is 1. The van der Waals surface area contributed by atoms with E-state index in [9.17, 15) is 9.59 Å². The summed E-state index contributed by atoms with van der Waals surface area (Å²) in [5, 5.41) is 1.02. The van der Waals surface area contributed by atoms with Crippen LogP contribution in [-0.2, 0) is 4.79 Å². The molecule has 0 radical (unpaired) electrons. The van der Waals surface area contributed by atoms with Crippen molar-refractivity contribution in [2.45, 2.75) is 25.8 Å². The molecule has 0 unspecified atom stereocenters. The maximum absolute atomic E-state index is 12.7. The molecular weight excluding hydrogens is 336 g/mol. The Morgan fingerprint density at radius 3 is 2.64 bits per heavy atom. The number of carbonyl (C=O) groups excluding carboxylic acids is 2. The molecule has 7 heteroatoms. The van der Waals surface area contributed by atoms with Crippen LogP contribution in [0.4, 0.5) is 0 Å². The number of nitrogens with zero attached hydrogens (tertiary/aromatic N) is 3. The lowest BCUT2D eigenvalue weighted by Crippen LogP contribution is -2.62. The van der Waals surface area contributed by atoms with E-state index in [4.69, 9.17) is 5.73 Å². The Hall–Kier alpha value is -1.99. The van der Waals surface area contributed by atoms with Gasteiger partial charge in [0.2, 0.25) is 5.91 Å². The maximum Gasteiger partial charge on any atom is 0.254 e. The summed E-state index contributed by atoms with van der Waals surface area (Å²) in [4.78, 5) is 32.7. The lowest BCUT2D eigenvalue weighted by atomic mass is 9.93. The van der Waals surface area contributed by atoms with Crippen molar-refractivity contribution in [1.29, 1.82) is 0 Å². The van der Waals surface area contributed by atoms with E-state index in [1.54, 1.807) is 11.3 Å². The average molecular weight is 358 g/mol. The number of primary amides is 1. The highest BCUT2D eigenvalue weighted by Gasteiger charge is 2.37. The van der Waals surface area contributed by atoms with Gasteiger partial charge in [0.1, 0.15) is 0 Å². The van der Waals surface area contributed by atoms with Gasteiger partial charge in [0, 0.05) is 30.6 Å². The highest BCUT2D eigenvalue weighted by atomic mass is 32.1. The molecule has 0 spiro atoms. The van der Waals surface area contributed by atoms with Crippen LogP contribution in [0.1, 0.15) is 28.2 Å². The number of piperidine rings is 1. The molecule has 132 valence electrons. The molecule has 2 saturated heterocycles. The topological polar surface area (TPSA) is 79.5 Å². The summed E-state index contributed by atoms with van der Waals surface area (Å²) >= 11 is 1.62. The quantitative estimate of drug-likeness (QED) is 0.904. The minimum atomic E-state index is -0.182. The third-order valence-electron chi connectivity index (χ3n) is 5.34. The fraction of sp³-hybridized carbons (Fsp3) is 0.500. The molecule has 0 atom stereocenters.